The minimum atomic E-state index is -2.68. The van der Waals surface area contributed by atoms with E-state index in [1.807, 2.05) is 19.9 Å². The van der Waals surface area contributed by atoms with Crippen LogP contribution in [0.15, 0.2) is 83.7 Å². The molecule has 6 heteroatoms. The van der Waals surface area contributed by atoms with Gasteiger partial charge < -0.3 is 23.1 Å². The zero-order chi connectivity index (χ0) is 24.0. The standard InChI is InChI=1S/C28H34O5Si/c1-27(2,3)34(21-12-8-6-9-13-21,22-14-10-7-11-15-22)30-19-23-25-26(33-28(4,5)32-25)24(31-23)20-16-17-29-18-20/h6-18,23-26H,19H2,1-5H3/t23-,24+,25-,26+/m1/s1. The van der Waals surface area contributed by atoms with Gasteiger partial charge in [0, 0.05) is 5.56 Å². The predicted molar refractivity (Wildman–Crippen MR) is 134 cm³/mol. The van der Waals surface area contributed by atoms with Crippen LogP contribution in [-0.4, -0.2) is 39.0 Å². The molecule has 0 radical (unpaired) electrons. The van der Waals surface area contributed by atoms with Crippen LogP contribution in [0.5, 0.6) is 0 Å². The average Bonchev–Trinajstić information content (AvgIpc) is 3.51. The van der Waals surface area contributed by atoms with E-state index >= 15 is 0 Å². The molecule has 0 bridgehead atoms. The molecule has 34 heavy (non-hydrogen) atoms. The Morgan fingerprint density at radius 1 is 0.853 bits per heavy atom. The van der Waals surface area contributed by atoms with E-state index in [1.165, 1.54) is 10.4 Å². The Labute approximate surface area is 203 Å². The van der Waals surface area contributed by atoms with E-state index in [0.29, 0.717) is 6.61 Å². The fraction of sp³-hybridized carbons (Fsp3) is 0.429. The third-order valence-electron chi connectivity index (χ3n) is 6.90. The lowest BCUT2D eigenvalue weighted by Gasteiger charge is -2.43. The Balaban J connectivity index is 1.50. The van der Waals surface area contributed by atoms with Crippen molar-refractivity contribution in [2.24, 2.45) is 0 Å². The first-order valence-electron chi connectivity index (χ1n) is 12.0. The quantitative estimate of drug-likeness (QED) is 0.476. The van der Waals surface area contributed by atoms with E-state index in [1.54, 1.807) is 12.5 Å². The molecular formula is C28H34O5Si. The highest BCUT2D eigenvalue weighted by Gasteiger charge is 2.57. The minimum absolute atomic E-state index is 0.107. The maximum atomic E-state index is 7.15. The van der Waals surface area contributed by atoms with Crippen molar-refractivity contribution >= 4 is 18.7 Å². The summed E-state index contributed by atoms with van der Waals surface area (Å²) < 4.78 is 31.6. The van der Waals surface area contributed by atoms with Gasteiger partial charge in [0.25, 0.3) is 8.32 Å². The molecule has 0 saturated carbocycles. The summed E-state index contributed by atoms with van der Waals surface area (Å²) >= 11 is 0. The van der Waals surface area contributed by atoms with Crippen molar-refractivity contribution in [1.29, 1.82) is 0 Å². The average molecular weight is 479 g/mol. The number of rotatable bonds is 6. The van der Waals surface area contributed by atoms with Crippen molar-refractivity contribution in [3.8, 4) is 0 Å². The van der Waals surface area contributed by atoms with Gasteiger partial charge >= 0.3 is 0 Å². The molecule has 0 spiro atoms. The number of hydrogen-bond acceptors (Lipinski definition) is 5. The largest absolute Gasteiger partial charge is 0.472 e. The number of fused-ring (bicyclic) bond motifs is 1. The summed E-state index contributed by atoms with van der Waals surface area (Å²) in [4.78, 5) is 0. The summed E-state index contributed by atoms with van der Waals surface area (Å²) in [6.45, 7) is 11.2. The van der Waals surface area contributed by atoms with Crippen molar-refractivity contribution in [2.75, 3.05) is 6.61 Å². The number of hydrogen-bond donors (Lipinski definition) is 0. The molecule has 3 aromatic rings. The lowest BCUT2D eigenvalue weighted by atomic mass is 10.0. The lowest BCUT2D eigenvalue weighted by molar-refractivity contribution is -0.190. The molecule has 2 aromatic carbocycles. The number of benzene rings is 2. The zero-order valence-corrected chi connectivity index (χ0v) is 21.6. The second kappa shape index (κ2) is 8.77. The van der Waals surface area contributed by atoms with Crippen LogP contribution >= 0.6 is 0 Å². The molecule has 2 aliphatic rings. The Morgan fingerprint density at radius 3 is 1.97 bits per heavy atom. The molecule has 0 N–H and O–H groups in total. The van der Waals surface area contributed by atoms with Crippen LogP contribution in [0, 0.1) is 0 Å². The van der Waals surface area contributed by atoms with E-state index in [2.05, 4.69) is 81.4 Å². The van der Waals surface area contributed by atoms with Gasteiger partial charge in [-0.15, -0.1) is 0 Å². The molecule has 0 unspecified atom stereocenters. The van der Waals surface area contributed by atoms with Gasteiger partial charge in [0.15, 0.2) is 5.79 Å². The first-order chi connectivity index (χ1) is 16.2. The molecule has 0 amide bonds. The molecular weight excluding hydrogens is 444 g/mol. The SMILES string of the molecule is CC1(C)O[C@@H]2[C@H](O1)[C@@H](CO[Si](c1ccccc1)(c1ccccc1)C(C)(C)C)O[C@H]2c1ccoc1. The van der Waals surface area contributed by atoms with Gasteiger partial charge in [-0.05, 0) is 35.3 Å². The van der Waals surface area contributed by atoms with Crippen LogP contribution in [0.2, 0.25) is 5.04 Å². The van der Waals surface area contributed by atoms with E-state index in [-0.39, 0.29) is 29.5 Å². The molecule has 3 heterocycles. The molecule has 2 saturated heterocycles. The summed E-state index contributed by atoms with van der Waals surface area (Å²) in [5.74, 6) is -0.670. The highest BCUT2D eigenvalue weighted by atomic mass is 28.4. The third kappa shape index (κ3) is 4.08. The summed E-state index contributed by atoms with van der Waals surface area (Å²) in [5.41, 5.74) is 0.962. The molecule has 2 aliphatic heterocycles. The number of ether oxygens (including phenoxy) is 3. The Bertz CT molecular complexity index is 1040. The van der Waals surface area contributed by atoms with E-state index in [9.17, 15) is 0 Å². The second-order valence-electron chi connectivity index (χ2n) is 10.7. The molecule has 4 atom stereocenters. The van der Waals surface area contributed by atoms with Gasteiger partial charge in [0.1, 0.15) is 24.4 Å². The Morgan fingerprint density at radius 2 is 1.44 bits per heavy atom. The molecule has 0 aliphatic carbocycles. The topological polar surface area (TPSA) is 50.1 Å². The van der Waals surface area contributed by atoms with E-state index in [0.717, 1.165) is 5.56 Å². The number of furan rings is 1. The fourth-order valence-corrected chi connectivity index (χ4v) is 10.1. The van der Waals surface area contributed by atoms with Gasteiger partial charge in [-0.1, -0.05) is 81.4 Å². The van der Waals surface area contributed by atoms with Crippen molar-refractivity contribution in [1.82, 2.24) is 0 Å². The van der Waals surface area contributed by atoms with Crippen LogP contribution in [0.1, 0.15) is 46.3 Å². The first-order valence-corrected chi connectivity index (χ1v) is 13.9. The van der Waals surface area contributed by atoms with Crippen LogP contribution in [0.25, 0.3) is 0 Å². The third-order valence-corrected chi connectivity index (χ3v) is 11.9. The smallest absolute Gasteiger partial charge is 0.261 e. The molecule has 180 valence electrons. The Hall–Kier alpha value is -2.22. The molecule has 5 rings (SSSR count). The van der Waals surface area contributed by atoms with E-state index in [4.69, 9.17) is 23.1 Å². The van der Waals surface area contributed by atoms with Gasteiger partial charge in [0.2, 0.25) is 0 Å². The maximum Gasteiger partial charge on any atom is 0.261 e. The Kier molecular flexibility index (Phi) is 6.07. The maximum absolute atomic E-state index is 7.15. The molecule has 1 aromatic heterocycles. The monoisotopic (exact) mass is 478 g/mol. The summed E-state index contributed by atoms with van der Waals surface area (Å²) in [6.07, 6.45) is 2.46. The van der Waals surface area contributed by atoms with Gasteiger partial charge in [-0.2, -0.15) is 0 Å². The first kappa shape index (κ1) is 23.5. The fourth-order valence-electron chi connectivity index (χ4n) is 5.49. The lowest BCUT2D eigenvalue weighted by Crippen LogP contribution is -2.67. The highest BCUT2D eigenvalue weighted by Crippen LogP contribution is 2.46. The van der Waals surface area contributed by atoms with Crippen LogP contribution in [0.4, 0.5) is 0 Å². The van der Waals surface area contributed by atoms with Gasteiger partial charge in [-0.25, -0.2) is 0 Å². The predicted octanol–water partition coefficient (Wildman–Crippen LogP) is 4.82. The van der Waals surface area contributed by atoms with Crippen molar-refractivity contribution in [2.45, 2.75) is 69.9 Å². The minimum Gasteiger partial charge on any atom is -0.472 e. The molecule has 2 fully saturated rings. The van der Waals surface area contributed by atoms with Crippen molar-refractivity contribution < 1.29 is 23.1 Å². The molecule has 5 nitrogen and oxygen atoms in total. The summed E-state index contributed by atoms with van der Waals surface area (Å²) in [5, 5.41) is 2.39. The zero-order valence-electron chi connectivity index (χ0n) is 20.6. The van der Waals surface area contributed by atoms with Crippen molar-refractivity contribution in [3.05, 3.63) is 84.8 Å². The highest BCUT2D eigenvalue weighted by molar-refractivity contribution is 6.99. The summed E-state index contributed by atoms with van der Waals surface area (Å²) in [7, 11) is -2.68. The summed E-state index contributed by atoms with van der Waals surface area (Å²) in [6, 6.07) is 23.3. The van der Waals surface area contributed by atoms with Gasteiger partial charge in [0.05, 0.1) is 19.1 Å². The van der Waals surface area contributed by atoms with Crippen LogP contribution < -0.4 is 10.4 Å². The second-order valence-corrected chi connectivity index (χ2v) is 15.0. The van der Waals surface area contributed by atoms with Crippen LogP contribution in [-0.2, 0) is 18.6 Å². The van der Waals surface area contributed by atoms with Crippen LogP contribution in [0.3, 0.4) is 0 Å². The van der Waals surface area contributed by atoms with Gasteiger partial charge in [-0.3, -0.25) is 0 Å². The normalized spacial score (nSPS) is 26.5. The van der Waals surface area contributed by atoms with Crippen molar-refractivity contribution in [3.63, 3.8) is 0 Å². The van der Waals surface area contributed by atoms with E-state index < -0.39 is 14.1 Å².